The molecule has 5 heteroatoms. The van der Waals surface area contributed by atoms with Crippen LogP contribution in [0.2, 0.25) is 0 Å². The Hall–Kier alpha value is -1.46. The molecule has 2 rings (SSSR count). The molecule has 1 aliphatic heterocycles. The predicted octanol–water partition coefficient (Wildman–Crippen LogP) is 1.78. The summed E-state index contributed by atoms with van der Waals surface area (Å²) in [5.41, 5.74) is 0.212. The van der Waals surface area contributed by atoms with Gasteiger partial charge in [-0.3, -0.25) is 4.98 Å². The van der Waals surface area contributed by atoms with Crippen LogP contribution >= 0.6 is 0 Å². The minimum atomic E-state index is -0.988. The summed E-state index contributed by atoms with van der Waals surface area (Å²) in [6.07, 6.45) is 1.33. The normalized spacial score (nSPS) is 27.0. The minimum absolute atomic E-state index is 0.163. The van der Waals surface area contributed by atoms with Gasteiger partial charge in [0, 0.05) is 6.20 Å². The van der Waals surface area contributed by atoms with Gasteiger partial charge in [0.1, 0.15) is 5.60 Å². The van der Waals surface area contributed by atoms with Gasteiger partial charge in [-0.2, -0.15) is 0 Å². The molecule has 5 nitrogen and oxygen atoms in total. The molecule has 0 aromatic carbocycles. The number of carbonyl (C=O) groups is 1. The number of ether oxygens (including phenoxy) is 2. The Morgan fingerprint density at radius 3 is 2.53 bits per heavy atom. The van der Waals surface area contributed by atoms with Gasteiger partial charge in [-0.1, -0.05) is 0 Å². The van der Waals surface area contributed by atoms with Crippen molar-refractivity contribution in [2.24, 2.45) is 0 Å². The molecular formula is C12H15NO4. The van der Waals surface area contributed by atoms with Gasteiger partial charge in [0.05, 0.1) is 17.9 Å². The van der Waals surface area contributed by atoms with E-state index >= 15 is 0 Å². The number of hydrogen-bond acceptors (Lipinski definition) is 4. The third kappa shape index (κ3) is 2.30. The zero-order chi connectivity index (χ0) is 12.7. The number of hydrogen-bond donors (Lipinski definition) is 1. The molecule has 1 unspecified atom stereocenters. The maximum absolute atomic E-state index is 10.7. The maximum Gasteiger partial charge on any atom is 0.337 e. The van der Waals surface area contributed by atoms with Gasteiger partial charge in [-0.05, 0) is 32.9 Å². The van der Waals surface area contributed by atoms with Gasteiger partial charge in [0.15, 0.2) is 5.79 Å². The highest BCUT2D eigenvalue weighted by molar-refractivity contribution is 5.87. The fourth-order valence-corrected chi connectivity index (χ4v) is 1.87. The molecule has 17 heavy (non-hydrogen) atoms. The van der Waals surface area contributed by atoms with Gasteiger partial charge in [0.2, 0.25) is 0 Å². The number of aromatic carboxylic acids is 1. The molecule has 1 atom stereocenters. The monoisotopic (exact) mass is 237 g/mol. The largest absolute Gasteiger partial charge is 0.478 e. The van der Waals surface area contributed by atoms with E-state index in [2.05, 4.69) is 4.98 Å². The van der Waals surface area contributed by atoms with Gasteiger partial charge < -0.3 is 14.6 Å². The van der Waals surface area contributed by atoms with Crippen LogP contribution in [0.3, 0.4) is 0 Å². The second-order valence-electron chi connectivity index (χ2n) is 4.76. The van der Waals surface area contributed by atoms with Crippen LogP contribution in [0.25, 0.3) is 0 Å². The summed E-state index contributed by atoms with van der Waals surface area (Å²) >= 11 is 0. The van der Waals surface area contributed by atoms with Gasteiger partial charge in [-0.25, -0.2) is 4.79 Å². The molecule has 1 N–H and O–H groups in total. The molecule has 92 valence electrons. The van der Waals surface area contributed by atoms with Gasteiger partial charge in [-0.15, -0.1) is 0 Å². The van der Waals surface area contributed by atoms with Crippen molar-refractivity contribution in [1.29, 1.82) is 0 Å². The highest BCUT2D eigenvalue weighted by Gasteiger charge is 2.44. The summed E-state index contributed by atoms with van der Waals surface area (Å²) in [6.45, 7) is 5.96. The van der Waals surface area contributed by atoms with Crippen LogP contribution in [0.4, 0.5) is 0 Å². The first-order chi connectivity index (χ1) is 7.82. The maximum atomic E-state index is 10.7. The molecule has 1 saturated heterocycles. The zero-order valence-corrected chi connectivity index (χ0v) is 10.1. The van der Waals surface area contributed by atoms with Crippen molar-refractivity contribution in [2.45, 2.75) is 32.2 Å². The Kier molecular flexibility index (Phi) is 2.67. The Balaban J connectivity index is 2.26. The smallest absolute Gasteiger partial charge is 0.337 e. The summed E-state index contributed by atoms with van der Waals surface area (Å²) in [4.78, 5) is 14.9. The van der Waals surface area contributed by atoms with E-state index in [0.29, 0.717) is 12.3 Å². The number of rotatable bonds is 2. The van der Waals surface area contributed by atoms with E-state index in [9.17, 15) is 4.79 Å². The van der Waals surface area contributed by atoms with Crippen molar-refractivity contribution < 1.29 is 19.4 Å². The molecule has 2 heterocycles. The van der Waals surface area contributed by atoms with E-state index in [1.807, 2.05) is 20.8 Å². The Morgan fingerprint density at radius 1 is 1.41 bits per heavy atom. The first kappa shape index (κ1) is 12.0. The Labute approximate surface area is 99.4 Å². The molecule has 0 bridgehead atoms. The molecule has 0 saturated carbocycles. The number of carboxylic acids is 1. The number of nitrogens with zero attached hydrogens (tertiary/aromatic N) is 1. The lowest BCUT2D eigenvalue weighted by atomic mass is 10.0. The summed E-state index contributed by atoms with van der Waals surface area (Å²) < 4.78 is 11.3. The molecular weight excluding hydrogens is 222 g/mol. The number of carboxylic acid groups (broad SMARTS) is 1. The Morgan fingerprint density at radius 2 is 2.12 bits per heavy atom. The lowest BCUT2D eigenvalue weighted by Gasteiger charge is -2.24. The molecule has 0 spiro atoms. The van der Waals surface area contributed by atoms with E-state index in [4.69, 9.17) is 14.6 Å². The van der Waals surface area contributed by atoms with Crippen molar-refractivity contribution in [3.05, 3.63) is 29.6 Å². The third-order valence-electron chi connectivity index (χ3n) is 2.72. The topological polar surface area (TPSA) is 68.7 Å². The van der Waals surface area contributed by atoms with E-state index in [-0.39, 0.29) is 5.56 Å². The fraction of sp³-hybridized carbons (Fsp3) is 0.500. The van der Waals surface area contributed by atoms with Crippen LogP contribution in [0.5, 0.6) is 0 Å². The summed E-state index contributed by atoms with van der Waals surface area (Å²) in [5, 5.41) is 8.79. The van der Waals surface area contributed by atoms with Crippen molar-refractivity contribution in [3.63, 3.8) is 0 Å². The van der Waals surface area contributed by atoms with Crippen LogP contribution in [-0.4, -0.2) is 28.5 Å². The third-order valence-corrected chi connectivity index (χ3v) is 2.72. The van der Waals surface area contributed by atoms with Gasteiger partial charge in [0.25, 0.3) is 0 Å². The first-order valence-corrected chi connectivity index (χ1v) is 5.36. The van der Waals surface area contributed by atoms with Crippen LogP contribution < -0.4 is 0 Å². The second kappa shape index (κ2) is 3.78. The standard InChI is InChI=1S/C12H15NO4/c1-11(2)16-7-12(3,17-11)9-5-4-8(6-13-9)10(14)15/h4-6H,7H2,1-3H3,(H,14,15). The second-order valence-corrected chi connectivity index (χ2v) is 4.76. The lowest BCUT2D eigenvalue weighted by Crippen LogP contribution is -2.29. The lowest BCUT2D eigenvalue weighted by molar-refractivity contribution is -0.160. The highest BCUT2D eigenvalue weighted by atomic mass is 16.8. The molecule has 1 aromatic rings. The van der Waals surface area contributed by atoms with Crippen LogP contribution in [0.1, 0.15) is 36.8 Å². The summed E-state index contributed by atoms with van der Waals surface area (Å²) in [7, 11) is 0. The molecule has 1 aromatic heterocycles. The minimum Gasteiger partial charge on any atom is -0.478 e. The average molecular weight is 237 g/mol. The van der Waals surface area contributed by atoms with Crippen LogP contribution in [0.15, 0.2) is 18.3 Å². The van der Waals surface area contributed by atoms with Crippen molar-refractivity contribution in [1.82, 2.24) is 4.98 Å². The fourth-order valence-electron chi connectivity index (χ4n) is 1.87. The van der Waals surface area contributed by atoms with Gasteiger partial charge >= 0.3 is 5.97 Å². The zero-order valence-electron chi connectivity index (χ0n) is 10.1. The van der Waals surface area contributed by atoms with Crippen molar-refractivity contribution in [2.75, 3.05) is 6.61 Å². The molecule has 0 amide bonds. The summed E-state index contributed by atoms with van der Waals surface area (Å²) in [5.74, 6) is -1.62. The van der Waals surface area contributed by atoms with E-state index in [1.165, 1.54) is 12.3 Å². The molecule has 1 aliphatic rings. The average Bonchev–Trinajstić information content (AvgIpc) is 2.54. The van der Waals surface area contributed by atoms with E-state index in [1.54, 1.807) is 6.07 Å². The predicted molar refractivity (Wildman–Crippen MR) is 59.7 cm³/mol. The molecule has 1 fully saturated rings. The SMILES string of the molecule is CC1(C)OCC(C)(c2ccc(C(=O)O)cn2)O1. The van der Waals surface area contributed by atoms with Crippen LogP contribution in [-0.2, 0) is 15.1 Å². The highest BCUT2D eigenvalue weighted by Crippen LogP contribution is 2.37. The van der Waals surface area contributed by atoms with Crippen molar-refractivity contribution in [3.8, 4) is 0 Å². The molecule has 0 aliphatic carbocycles. The number of aromatic nitrogens is 1. The van der Waals surface area contributed by atoms with E-state index in [0.717, 1.165) is 0 Å². The number of pyridine rings is 1. The van der Waals surface area contributed by atoms with E-state index < -0.39 is 17.4 Å². The van der Waals surface area contributed by atoms with Crippen molar-refractivity contribution >= 4 is 5.97 Å². The Bertz CT molecular complexity index is 440. The quantitative estimate of drug-likeness (QED) is 0.849. The molecule has 0 radical (unpaired) electrons. The summed E-state index contributed by atoms with van der Waals surface area (Å²) in [6, 6.07) is 3.18. The van der Waals surface area contributed by atoms with Crippen LogP contribution in [0, 0.1) is 0 Å². The first-order valence-electron chi connectivity index (χ1n) is 5.36.